The van der Waals surface area contributed by atoms with Gasteiger partial charge in [-0.2, -0.15) is 12.6 Å². The molecule has 1 saturated carbocycles. The zero-order chi connectivity index (χ0) is 9.26. The number of hydrogen-bond donors (Lipinski definition) is 1. The van der Waals surface area contributed by atoms with Gasteiger partial charge in [-0.3, -0.25) is 4.90 Å². The van der Waals surface area contributed by atoms with Crippen LogP contribution in [0.15, 0.2) is 12.2 Å². The van der Waals surface area contributed by atoms with Crippen molar-refractivity contribution in [3.8, 4) is 0 Å². The smallest absolute Gasteiger partial charge is 0.0198 e. The molecule has 1 aliphatic carbocycles. The molecule has 1 saturated heterocycles. The lowest BCUT2D eigenvalue weighted by Gasteiger charge is -2.17. The Kier molecular flexibility index (Phi) is 2.99. The van der Waals surface area contributed by atoms with Gasteiger partial charge in [-0.05, 0) is 24.7 Å². The van der Waals surface area contributed by atoms with Crippen molar-refractivity contribution in [3.05, 3.63) is 12.2 Å². The summed E-state index contributed by atoms with van der Waals surface area (Å²) in [5.74, 6) is 2.85. The van der Waals surface area contributed by atoms with E-state index in [-0.39, 0.29) is 0 Å². The van der Waals surface area contributed by atoms with Gasteiger partial charge < -0.3 is 0 Å². The molecular weight excluding hydrogens is 178 g/mol. The van der Waals surface area contributed by atoms with Gasteiger partial charge in [0.05, 0.1) is 0 Å². The molecule has 74 valence electrons. The molecule has 1 aliphatic heterocycles. The average molecular weight is 197 g/mol. The van der Waals surface area contributed by atoms with Crippen LogP contribution >= 0.6 is 12.6 Å². The highest BCUT2D eigenvalue weighted by atomic mass is 32.1. The number of thiol groups is 1. The summed E-state index contributed by atoms with van der Waals surface area (Å²) >= 11 is 4.24. The molecule has 0 aromatic carbocycles. The summed E-state index contributed by atoms with van der Waals surface area (Å²) in [5.41, 5.74) is 1.27. The minimum absolute atomic E-state index is 0.839. The van der Waals surface area contributed by atoms with E-state index in [9.17, 15) is 0 Å². The Balaban J connectivity index is 1.82. The van der Waals surface area contributed by atoms with E-state index in [4.69, 9.17) is 0 Å². The summed E-state index contributed by atoms with van der Waals surface area (Å²) < 4.78 is 0. The van der Waals surface area contributed by atoms with Gasteiger partial charge in [0.25, 0.3) is 0 Å². The molecule has 2 rings (SSSR count). The van der Waals surface area contributed by atoms with Crippen LogP contribution in [0.2, 0.25) is 0 Å². The highest BCUT2D eigenvalue weighted by Crippen LogP contribution is 2.37. The summed E-state index contributed by atoms with van der Waals surface area (Å²) in [6, 6.07) is 0. The molecular formula is C11H19NS. The van der Waals surface area contributed by atoms with Crippen molar-refractivity contribution in [2.75, 3.05) is 25.4 Å². The van der Waals surface area contributed by atoms with E-state index in [1.54, 1.807) is 0 Å². The average Bonchev–Trinajstić information content (AvgIpc) is 2.63. The quantitative estimate of drug-likeness (QED) is 0.536. The summed E-state index contributed by atoms with van der Waals surface area (Å²) in [5, 5.41) is 0. The molecule has 1 nitrogen and oxygen atoms in total. The van der Waals surface area contributed by atoms with Crippen molar-refractivity contribution >= 4 is 12.6 Å². The SMILES string of the molecule is C=C(CS)CN1CC2CCCC2C1. The Morgan fingerprint density at radius 3 is 2.46 bits per heavy atom. The summed E-state index contributed by atoms with van der Waals surface area (Å²) in [4.78, 5) is 2.56. The molecule has 0 N–H and O–H groups in total. The highest BCUT2D eigenvalue weighted by molar-refractivity contribution is 7.80. The lowest BCUT2D eigenvalue weighted by atomic mass is 10.0. The van der Waals surface area contributed by atoms with Crippen LogP contribution in [0.1, 0.15) is 19.3 Å². The number of nitrogens with zero attached hydrogens (tertiary/aromatic N) is 1. The summed E-state index contributed by atoms with van der Waals surface area (Å²) in [7, 11) is 0. The Morgan fingerprint density at radius 2 is 1.92 bits per heavy atom. The standard InChI is InChI=1S/C11H19NS/c1-9(8-13)5-12-6-10-3-2-4-11(10)7-12/h10-11,13H,1-8H2. The van der Waals surface area contributed by atoms with Crippen LogP contribution in [0.25, 0.3) is 0 Å². The predicted molar refractivity (Wildman–Crippen MR) is 60.3 cm³/mol. The summed E-state index contributed by atoms with van der Waals surface area (Å²) in [6.07, 6.45) is 4.40. The van der Waals surface area contributed by atoms with E-state index in [0.29, 0.717) is 0 Å². The number of hydrogen-bond acceptors (Lipinski definition) is 2. The molecule has 0 aromatic rings. The zero-order valence-corrected chi connectivity index (χ0v) is 9.10. The van der Waals surface area contributed by atoms with Crippen LogP contribution in [0, 0.1) is 11.8 Å². The molecule has 2 heteroatoms. The largest absolute Gasteiger partial charge is 0.299 e. The fourth-order valence-corrected chi connectivity index (χ4v) is 2.93. The van der Waals surface area contributed by atoms with Crippen LogP contribution < -0.4 is 0 Å². The number of fused-ring (bicyclic) bond motifs is 1. The molecule has 2 atom stereocenters. The van der Waals surface area contributed by atoms with E-state index in [2.05, 4.69) is 24.1 Å². The normalized spacial score (nSPS) is 33.6. The lowest BCUT2D eigenvalue weighted by Crippen LogP contribution is -2.24. The Labute approximate surface area is 86.6 Å². The molecule has 0 spiro atoms. The lowest BCUT2D eigenvalue weighted by molar-refractivity contribution is 0.337. The maximum atomic E-state index is 4.24. The Morgan fingerprint density at radius 1 is 1.31 bits per heavy atom. The van der Waals surface area contributed by atoms with Gasteiger partial charge in [0.1, 0.15) is 0 Å². The van der Waals surface area contributed by atoms with Crippen LogP contribution in [0.4, 0.5) is 0 Å². The molecule has 2 fully saturated rings. The van der Waals surface area contributed by atoms with Gasteiger partial charge in [0, 0.05) is 25.4 Å². The van der Waals surface area contributed by atoms with Crippen molar-refractivity contribution in [1.29, 1.82) is 0 Å². The van der Waals surface area contributed by atoms with Crippen LogP contribution in [-0.4, -0.2) is 30.3 Å². The van der Waals surface area contributed by atoms with Crippen molar-refractivity contribution in [2.24, 2.45) is 11.8 Å². The van der Waals surface area contributed by atoms with Gasteiger partial charge in [-0.1, -0.05) is 18.6 Å². The Bertz CT molecular complexity index is 190. The maximum absolute atomic E-state index is 4.24. The minimum atomic E-state index is 0.839. The van der Waals surface area contributed by atoms with Crippen molar-refractivity contribution in [1.82, 2.24) is 4.90 Å². The fourth-order valence-electron chi connectivity index (χ4n) is 2.83. The third kappa shape index (κ3) is 2.10. The first-order chi connectivity index (χ1) is 6.29. The second-order valence-corrected chi connectivity index (χ2v) is 4.87. The van der Waals surface area contributed by atoms with Gasteiger partial charge in [0.2, 0.25) is 0 Å². The van der Waals surface area contributed by atoms with Crippen LogP contribution in [0.5, 0.6) is 0 Å². The van der Waals surface area contributed by atoms with E-state index >= 15 is 0 Å². The predicted octanol–water partition coefficient (Wildman–Crippen LogP) is 2.20. The van der Waals surface area contributed by atoms with Crippen molar-refractivity contribution in [3.63, 3.8) is 0 Å². The Hall–Kier alpha value is 0.0500. The van der Waals surface area contributed by atoms with Crippen LogP contribution in [0.3, 0.4) is 0 Å². The fraction of sp³-hybridized carbons (Fsp3) is 0.818. The highest BCUT2D eigenvalue weighted by Gasteiger charge is 2.35. The molecule has 0 radical (unpaired) electrons. The zero-order valence-electron chi connectivity index (χ0n) is 8.21. The molecule has 2 unspecified atom stereocenters. The molecule has 0 amide bonds. The van der Waals surface area contributed by atoms with E-state index < -0.39 is 0 Å². The van der Waals surface area contributed by atoms with Crippen LogP contribution in [-0.2, 0) is 0 Å². The maximum Gasteiger partial charge on any atom is 0.0198 e. The van der Waals surface area contributed by atoms with Crippen molar-refractivity contribution < 1.29 is 0 Å². The molecule has 0 aromatic heterocycles. The third-order valence-corrected chi connectivity index (χ3v) is 3.92. The van der Waals surface area contributed by atoms with E-state index in [1.807, 2.05) is 0 Å². The number of likely N-dealkylation sites (tertiary alicyclic amines) is 1. The van der Waals surface area contributed by atoms with Gasteiger partial charge in [-0.25, -0.2) is 0 Å². The molecule has 13 heavy (non-hydrogen) atoms. The van der Waals surface area contributed by atoms with Gasteiger partial charge in [0.15, 0.2) is 0 Å². The minimum Gasteiger partial charge on any atom is -0.299 e. The third-order valence-electron chi connectivity index (χ3n) is 3.47. The monoisotopic (exact) mass is 197 g/mol. The number of rotatable bonds is 3. The topological polar surface area (TPSA) is 3.24 Å². The van der Waals surface area contributed by atoms with E-state index in [1.165, 1.54) is 37.9 Å². The first-order valence-corrected chi connectivity index (χ1v) is 5.92. The first kappa shape index (κ1) is 9.60. The second kappa shape index (κ2) is 4.05. The van der Waals surface area contributed by atoms with E-state index in [0.717, 1.165) is 24.1 Å². The van der Waals surface area contributed by atoms with Gasteiger partial charge in [-0.15, -0.1) is 0 Å². The van der Waals surface area contributed by atoms with Crippen molar-refractivity contribution in [2.45, 2.75) is 19.3 Å². The molecule has 0 bridgehead atoms. The molecule has 1 heterocycles. The molecule has 2 aliphatic rings. The first-order valence-electron chi connectivity index (χ1n) is 5.29. The summed E-state index contributed by atoms with van der Waals surface area (Å²) in [6.45, 7) is 7.73. The van der Waals surface area contributed by atoms with Gasteiger partial charge >= 0.3 is 0 Å². The second-order valence-electron chi connectivity index (χ2n) is 4.55.